The number of pyridine rings is 1. The zero-order valence-corrected chi connectivity index (χ0v) is 21.1. The highest BCUT2D eigenvalue weighted by atomic mass is 31.2. The first-order valence-electron chi connectivity index (χ1n) is 11.2. The SMILES string of the molecule is Cn1cnc2c1c(=O)n(CCCOC(=O)c1ccc[n+]([C@@H]3O[C@H](OP(C)(=O)[O-])[C@@H](O)[C@H]3O)c1)c(=O)n2C. The molecular weight excluding hydrogens is 513 g/mol. The number of carbonyl (C=O) groups excluding carboxylic acids is 1. The van der Waals surface area contributed by atoms with E-state index in [1.54, 1.807) is 7.05 Å². The number of hydrogen-bond acceptors (Lipinski definition) is 11. The number of fused-ring (bicyclic) bond motifs is 1. The van der Waals surface area contributed by atoms with Crippen LogP contribution in [0.5, 0.6) is 0 Å². The van der Waals surface area contributed by atoms with Crippen molar-refractivity contribution in [2.24, 2.45) is 14.1 Å². The molecule has 4 heterocycles. The van der Waals surface area contributed by atoms with Crippen molar-refractivity contribution < 1.29 is 43.0 Å². The van der Waals surface area contributed by atoms with Gasteiger partial charge in [0, 0.05) is 33.4 Å². The average molecular weight is 539 g/mol. The number of aliphatic hydroxyl groups is 2. The molecule has 5 atom stereocenters. The number of rotatable bonds is 8. The van der Waals surface area contributed by atoms with E-state index in [0.29, 0.717) is 0 Å². The number of hydrogen-bond donors (Lipinski definition) is 2. The summed E-state index contributed by atoms with van der Waals surface area (Å²) in [4.78, 5) is 53.3. The summed E-state index contributed by atoms with van der Waals surface area (Å²) in [5.41, 5.74) is -0.409. The van der Waals surface area contributed by atoms with E-state index < -0.39 is 49.5 Å². The van der Waals surface area contributed by atoms with E-state index in [0.717, 1.165) is 11.2 Å². The molecule has 200 valence electrons. The summed E-state index contributed by atoms with van der Waals surface area (Å²) in [6.45, 7) is 0.717. The molecule has 0 bridgehead atoms. The maximum atomic E-state index is 12.7. The lowest BCUT2D eigenvalue weighted by Gasteiger charge is -2.23. The third-order valence-electron chi connectivity index (χ3n) is 5.80. The van der Waals surface area contributed by atoms with Crippen LogP contribution in [0.3, 0.4) is 0 Å². The summed E-state index contributed by atoms with van der Waals surface area (Å²) >= 11 is 0. The van der Waals surface area contributed by atoms with E-state index in [2.05, 4.69) is 9.51 Å². The Kier molecular flexibility index (Phi) is 7.46. The molecule has 0 radical (unpaired) electrons. The van der Waals surface area contributed by atoms with Crippen molar-refractivity contribution in [3.63, 3.8) is 0 Å². The van der Waals surface area contributed by atoms with Crippen molar-refractivity contribution >= 4 is 24.7 Å². The largest absolute Gasteiger partial charge is 0.779 e. The second kappa shape index (κ2) is 10.3. The van der Waals surface area contributed by atoms with Crippen molar-refractivity contribution in [2.75, 3.05) is 13.3 Å². The molecule has 15 nitrogen and oxygen atoms in total. The molecule has 4 rings (SSSR count). The fourth-order valence-electron chi connectivity index (χ4n) is 3.99. The van der Waals surface area contributed by atoms with E-state index >= 15 is 0 Å². The normalized spacial score (nSPS) is 23.3. The molecule has 1 aliphatic rings. The molecule has 1 unspecified atom stereocenters. The molecule has 16 heteroatoms. The summed E-state index contributed by atoms with van der Waals surface area (Å²) in [5, 5.41) is 20.3. The lowest BCUT2D eigenvalue weighted by Crippen LogP contribution is -2.46. The monoisotopic (exact) mass is 539 g/mol. The Labute approximate surface area is 209 Å². The van der Waals surface area contributed by atoms with Crippen LogP contribution >= 0.6 is 7.60 Å². The lowest BCUT2D eigenvalue weighted by atomic mass is 10.2. The number of aromatic nitrogens is 5. The van der Waals surface area contributed by atoms with Crippen molar-refractivity contribution in [2.45, 2.75) is 37.7 Å². The van der Waals surface area contributed by atoms with Gasteiger partial charge in [0.15, 0.2) is 36.0 Å². The molecule has 0 spiro atoms. The second-order valence-corrected chi connectivity index (χ2v) is 10.4. The summed E-state index contributed by atoms with van der Waals surface area (Å²) < 4.78 is 31.8. The van der Waals surface area contributed by atoms with E-state index in [4.69, 9.17) is 9.47 Å². The molecule has 0 aromatic carbocycles. The third kappa shape index (κ3) is 5.42. The van der Waals surface area contributed by atoms with Gasteiger partial charge in [-0.15, -0.1) is 0 Å². The fraction of sp³-hybridized carbons (Fsp3) is 0.476. The number of aryl methyl sites for hydroxylation is 2. The zero-order valence-electron chi connectivity index (χ0n) is 20.2. The number of imidazole rings is 1. The molecule has 0 saturated carbocycles. The number of nitrogens with zero attached hydrogens (tertiary/aromatic N) is 5. The van der Waals surface area contributed by atoms with Crippen LogP contribution in [0, 0.1) is 0 Å². The predicted octanol–water partition coefficient (Wildman–Crippen LogP) is -2.26. The molecule has 2 N–H and O–H groups in total. The van der Waals surface area contributed by atoms with E-state index in [9.17, 15) is 34.1 Å². The molecule has 1 saturated heterocycles. The van der Waals surface area contributed by atoms with E-state index in [-0.39, 0.29) is 36.3 Å². The van der Waals surface area contributed by atoms with Crippen LogP contribution in [-0.4, -0.2) is 66.6 Å². The van der Waals surface area contributed by atoms with Gasteiger partial charge in [0.1, 0.15) is 19.3 Å². The molecule has 1 aliphatic heterocycles. The number of ether oxygens (including phenoxy) is 2. The smallest absolute Gasteiger partial charge is 0.344 e. The molecular formula is C21H26N5O10P. The zero-order chi connectivity index (χ0) is 27.1. The van der Waals surface area contributed by atoms with Gasteiger partial charge in [-0.25, -0.2) is 14.6 Å². The van der Waals surface area contributed by atoms with Crippen LogP contribution in [0.2, 0.25) is 0 Å². The van der Waals surface area contributed by atoms with Crippen molar-refractivity contribution in [1.29, 1.82) is 0 Å². The van der Waals surface area contributed by atoms with Crippen LogP contribution in [0.1, 0.15) is 23.0 Å². The summed E-state index contributed by atoms with van der Waals surface area (Å²) in [7, 11) is -1.10. The van der Waals surface area contributed by atoms with Gasteiger partial charge >= 0.3 is 11.7 Å². The molecule has 1 fully saturated rings. The Hall–Kier alpha value is -3.20. The average Bonchev–Trinajstić information content (AvgIpc) is 3.36. The summed E-state index contributed by atoms with van der Waals surface area (Å²) in [6.07, 6.45) is -1.66. The Morgan fingerprint density at radius 3 is 2.73 bits per heavy atom. The van der Waals surface area contributed by atoms with Gasteiger partial charge in [0.05, 0.1) is 12.9 Å². The highest BCUT2D eigenvalue weighted by Gasteiger charge is 2.50. The van der Waals surface area contributed by atoms with Gasteiger partial charge in [-0.3, -0.25) is 18.7 Å². The highest BCUT2D eigenvalue weighted by Crippen LogP contribution is 2.39. The number of esters is 1. The van der Waals surface area contributed by atoms with Crippen LogP contribution in [0.25, 0.3) is 11.2 Å². The first kappa shape index (κ1) is 26.9. The Morgan fingerprint density at radius 2 is 2.03 bits per heavy atom. The minimum atomic E-state index is -4.26. The van der Waals surface area contributed by atoms with Crippen LogP contribution in [0.15, 0.2) is 40.4 Å². The Balaban J connectivity index is 1.40. The summed E-state index contributed by atoms with van der Waals surface area (Å²) in [5.74, 6) is -0.727. The fourth-order valence-corrected chi connectivity index (χ4v) is 4.54. The van der Waals surface area contributed by atoms with Gasteiger partial charge < -0.3 is 33.5 Å². The van der Waals surface area contributed by atoms with Gasteiger partial charge in [-0.2, -0.15) is 4.57 Å². The number of carbonyl (C=O) groups is 1. The first-order chi connectivity index (χ1) is 17.4. The maximum Gasteiger partial charge on any atom is 0.344 e. The molecule has 0 amide bonds. The van der Waals surface area contributed by atoms with Crippen molar-refractivity contribution in [3.8, 4) is 0 Å². The molecule has 3 aromatic rings. The summed E-state index contributed by atoms with van der Waals surface area (Å²) in [6, 6.07) is 2.91. The van der Waals surface area contributed by atoms with Crippen molar-refractivity contribution in [3.05, 3.63) is 57.3 Å². The second-order valence-electron chi connectivity index (χ2n) is 8.61. The maximum absolute atomic E-state index is 12.7. The van der Waals surface area contributed by atoms with Gasteiger partial charge in [0.2, 0.25) is 0 Å². The standard InChI is InChI=1S/C21H26N5O10P/c1-23-11-22-16-13(23)17(29)26(21(31)24(16)2)8-5-9-34-19(30)12-6-4-7-25(10-12)18-14(27)15(28)20(35-18)36-37(3,32)33/h4,6-7,10-11,14-15,18,20,27-28H,5,8-9H2,1-3H3/t14-,15+,18-,20-/m1/s1. The van der Waals surface area contributed by atoms with Gasteiger partial charge in [-0.1, -0.05) is 0 Å². The molecule has 3 aromatic heterocycles. The lowest BCUT2D eigenvalue weighted by molar-refractivity contribution is -0.767. The van der Waals surface area contributed by atoms with Gasteiger partial charge in [0.25, 0.3) is 11.8 Å². The minimum Gasteiger partial charge on any atom is -0.779 e. The van der Waals surface area contributed by atoms with Crippen molar-refractivity contribution in [1.82, 2.24) is 18.7 Å². The predicted molar refractivity (Wildman–Crippen MR) is 122 cm³/mol. The van der Waals surface area contributed by atoms with Crippen LogP contribution in [0.4, 0.5) is 0 Å². The molecule has 0 aliphatic carbocycles. The first-order valence-corrected chi connectivity index (χ1v) is 13.2. The van der Waals surface area contributed by atoms with Crippen LogP contribution < -0.4 is 20.7 Å². The van der Waals surface area contributed by atoms with Gasteiger partial charge in [-0.05, 0) is 12.5 Å². The highest BCUT2D eigenvalue weighted by molar-refractivity contribution is 7.50. The molecule has 37 heavy (non-hydrogen) atoms. The quantitative estimate of drug-likeness (QED) is 0.136. The van der Waals surface area contributed by atoms with Crippen LogP contribution in [-0.2, 0) is 39.2 Å². The Morgan fingerprint density at radius 1 is 1.30 bits per heavy atom. The number of aliphatic hydroxyl groups excluding tert-OH is 2. The third-order valence-corrected chi connectivity index (χ3v) is 6.39. The topological polar surface area (TPSA) is 191 Å². The minimum absolute atomic E-state index is 0.0110. The van der Waals surface area contributed by atoms with E-state index in [1.165, 1.54) is 51.6 Å². The Bertz CT molecular complexity index is 1490. The van der Waals surface area contributed by atoms with E-state index in [1.807, 2.05) is 0 Å².